The van der Waals surface area contributed by atoms with E-state index in [0.29, 0.717) is 0 Å². The molecule has 8 rings (SSSR count). The lowest BCUT2D eigenvalue weighted by Crippen LogP contribution is -2.19. The quantitative estimate of drug-likeness (QED) is 0.277. The molecule has 0 bridgehead atoms. The third-order valence-electron chi connectivity index (χ3n) is 9.25. The van der Waals surface area contributed by atoms with Crippen molar-refractivity contribution in [3.05, 3.63) is 161 Å². The van der Waals surface area contributed by atoms with E-state index >= 15 is 0 Å². The molecule has 0 unspecified atom stereocenters. The number of fused-ring (bicyclic) bond motifs is 6. The Morgan fingerprint density at radius 2 is 1.38 bits per heavy atom. The molecule has 1 N–H and O–H groups in total. The van der Waals surface area contributed by atoms with E-state index in [9.17, 15) is 0 Å². The first kappa shape index (κ1) is 24.9. The molecule has 4 aliphatic rings. The van der Waals surface area contributed by atoms with Gasteiger partial charge in [-0.05, 0) is 82.7 Å². The van der Waals surface area contributed by atoms with Crippen molar-refractivity contribution in [1.82, 2.24) is 5.32 Å². The number of rotatable bonds is 3. The van der Waals surface area contributed by atoms with Crippen LogP contribution < -0.4 is 10.2 Å². The second-order valence-corrected chi connectivity index (χ2v) is 12.1. The molecule has 42 heavy (non-hydrogen) atoms. The Kier molecular flexibility index (Phi) is 5.72. The standard InChI is InChI=1S/C40H34N2/c1-40(2)34-19-9-6-16-31(34)38-32-17-7-10-21-36(32)42(37-22-11-8-18-33(37)39(38)40)30-25-28(27-14-4-3-5-15-27)24-29(26-30)35-20-12-13-23-41-35/h3-4,6-14,16-22,24-26,41H,5,15,23H2,1-2H3. The molecule has 0 amide bonds. The van der Waals surface area contributed by atoms with Crippen molar-refractivity contribution in [3.63, 3.8) is 0 Å². The molecule has 0 fully saturated rings. The third kappa shape index (κ3) is 3.79. The van der Waals surface area contributed by atoms with Gasteiger partial charge in [-0.2, -0.15) is 0 Å². The van der Waals surface area contributed by atoms with Gasteiger partial charge in [0.1, 0.15) is 0 Å². The summed E-state index contributed by atoms with van der Waals surface area (Å²) in [6.45, 7) is 5.62. The molecular formula is C40H34N2. The second kappa shape index (κ2) is 9.63. The monoisotopic (exact) mass is 542 g/mol. The van der Waals surface area contributed by atoms with Crippen molar-refractivity contribution in [2.24, 2.45) is 0 Å². The van der Waals surface area contributed by atoms with Crippen LogP contribution >= 0.6 is 0 Å². The number of anilines is 3. The topological polar surface area (TPSA) is 15.3 Å². The van der Waals surface area contributed by atoms with Crippen LogP contribution in [-0.4, -0.2) is 6.54 Å². The van der Waals surface area contributed by atoms with Crippen molar-refractivity contribution in [1.29, 1.82) is 0 Å². The molecule has 0 aromatic heterocycles. The number of allylic oxidation sites excluding steroid dienone is 7. The predicted molar refractivity (Wildman–Crippen MR) is 178 cm³/mol. The average molecular weight is 543 g/mol. The molecule has 0 spiro atoms. The normalized spacial score (nSPS) is 17.8. The van der Waals surface area contributed by atoms with Gasteiger partial charge in [-0.1, -0.05) is 105 Å². The number of para-hydroxylation sites is 2. The summed E-state index contributed by atoms with van der Waals surface area (Å²) < 4.78 is 0. The fourth-order valence-electron chi connectivity index (χ4n) is 7.33. The van der Waals surface area contributed by atoms with Crippen molar-refractivity contribution in [3.8, 4) is 0 Å². The van der Waals surface area contributed by atoms with E-state index < -0.39 is 0 Å². The van der Waals surface area contributed by atoms with E-state index in [4.69, 9.17) is 0 Å². The summed E-state index contributed by atoms with van der Waals surface area (Å²) in [6.07, 6.45) is 15.4. The molecule has 2 heterocycles. The van der Waals surface area contributed by atoms with Crippen LogP contribution in [0.5, 0.6) is 0 Å². The minimum Gasteiger partial charge on any atom is -0.381 e. The summed E-state index contributed by atoms with van der Waals surface area (Å²) in [5.41, 5.74) is 16.7. The number of benzene rings is 4. The Labute approximate surface area is 248 Å². The molecule has 4 aromatic rings. The summed E-state index contributed by atoms with van der Waals surface area (Å²) in [6, 6.07) is 34.1. The van der Waals surface area contributed by atoms with Crippen LogP contribution in [0.25, 0.3) is 22.4 Å². The van der Waals surface area contributed by atoms with Gasteiger partial charge in [-0.15, -0.1) is 0 Å². The highest BCUT2D eigenvalue weighted by Crippen LogP contribution is 2.59. The maximum absolute atomic E-state index is 3.61. The van der Waals surface area contributed by atoms with Crippen LogP contribution in [0.4, 0.5) is 17.1 Å². The van der Waals surface area contributed by atoms with Crippen LogP contribution in [0.2, 0.25) is 0 Å². The molecule has 4 aromatic carbocycles. The Bertz CT molecular complexity index is 1860. The number of nitrogens with zero attached hydrogens (tertiary/aromatic N) is 1. The summed E-state index contributed by atoms with van der Waals surface area (Å²) in [5, 5.41) is 3.61. The maximum Gasteiger partial charge on any atom is 0.0540 e. The minimum absolute atomic E-state index is 0.124. The first-order valence-corrected chi connectivity index (χ1v) is 15.1. The van der Waals surface area contributed by atoms with Crippen LogP contribution in [0, 0.1) is 0 Å². The van der Waals surface area contributed by atoms with E-state index in [1.54, 1.807) is 0 Å². The largest absolute Gasteiger partial charge is 0.381 e. The molecule has 2 heteroatoms. The van der Waals surface area contributed by atoms with Gasteiger partial charge < -0.3 is 10.2 Å². The van der Waals surface area contributed by atoms with Gasteiger partial charge in [-0.3, -0.25) is 0 Å². The smallest absolute Gasteiger partial charge is 0.0540 e. The van der Waals surface area contributed by atoms with Crippen molar-refractivity contribution in [2.45, 2.75) is 32.1 Å². The van der Waals surface area contributed by atoms with Crippen LogP contribution in [0.15, 0.2) is 127 Å². The fraction of sp³-hybridized carbons (Fsp3) is 0.150. The zero-order chi connectivity index (χ0) is 28.3. The maximum atomic E-state index is 3.61. The predicted octanol–water partition coefficient (Wildman–Crippen LogP) is 9.95. The third-order valence-corrected chi connectivity index (χ3v) is 9.25. The minimum atomic E-state index is -0.124. The lowest BCUT2D eigenvalue weighted by Gasteiger charge is -2.31. The molecule has 0 saturated carbocycles. The van der Waals surface area contributed by atoms with Gasteiger partial charge in [0.15, 0.2) is 0 Å². The van der Waals surface area contributed by atoms with Gasteiger partial charge in [0.05, 0.1) is 11.4 Å². The number of dihydropyridines is 1. The highest BCUT2D eigenvalue weighted by molar-refractivity contribution is 6.14. The van der Waals surface area contributed by atoms with Crippen molar-refractivity contribution < 1.29 is 0 Å². The van der Waals surface area contributed by atoms with Crippen LogP contribution in [-0.2, 0) is 5.41 Å². The highest BCUT2D eigenvalue weighted by atomic mass is 15.2. The van der Waals surface area contributed by atoms with Gasteiger partial charge in [0, 0.05) is 40.0 Å². The van der Waals surface area contributed by atoms with E-state index in [-0.39, 0.29) is 5.41 Å². The summed E-state index contributed by atoms with van der Waals surface area (Å²) in [7, 11) is 0. The van der Waals surface area contributed by atoms with E-state index in [1.807, 2.05) is 0 Å². The highest BCUT2D eigenvalue weighted by Gasteiger charge is 2.42. The van der Waals surface area contributed by atoms with E-state index in [1.165, 1.54) is 72.9 Å². The summed E-state index contributed by atoms with van der Waals surface area (Å²) in [4.78, 5) is 2.51. The Balaban J connectivity index is 1.42. The number of hydrogen-bond acceptors (Lipinski definition) is 2. The molecular weight excluding hydrogens is 508 g/mol. The van der Waals surface area contributed by atoms with Gasteiger partial charge in [0.25, 0.3) is 0 Å². The van der Waals surface area contributed by atoms with E-state index in [0.717, 1.165) is 19.4 Å². The zero-order valence-corrected chi connectivity index (χ0v) is 24.2. The molecule has 2 nitrogen and oxygen atoms in total. The first-order chi connectivity index (χ1) is 20.6. The van der Waals surface area contributed by atoms with Gasteiger partial charge in [0.2, 0.25) is 0 Å². The molecule has 0 atom stereocenters. The lowest BCUT2D eigenvalue weighted by atomic mass is 9.77. The summed E-state index contributed by atoms with van der Waals surface area (Å²) in [5.74, 6) is 0. The Hall–Kier alpha value is -4.82. The van der Waals surface area contributed by atoms with Crippen LogP contribution in [0.3, 0.4) is 0 Å². The molecule has 0 saturated heterocycles. The number of hydrogen-bond donors (Lipinski definition) is 1. The Morgan fingerprint density at radius 1 is 0.690 bits per heavy atom. The first-order valence-electron chi connectivity index (χ1n) is 15.1. The molecule has 2 aliphatic heterocycles. The van der Waals surface area contributed by atoms with Gasteiger partial charge >= 0.3 is 0 Å². The van der Waals surface area contributed by atoms with Crippen molar-refractivity contribution >= 4 is 39.5 Å². The average Bonchev–Trinajstić information content (AvgIpc) is 3.19. The SMILES string of the molecule is CC1(C)C2=C(c3ccccc3N(c3cc(C4=CC=CCC4)cc(C4=CC=CCN4)c3)c3ccccc32)c2ccccc21. The zero-order valence-electron chi connectivity index (χ0n) is 24.2. The second-order valence-electron chi connectivity index (χ2n) is 12.1. The fourth-order valence-corrected chi connectivity index (χ4v) is 7.33. The lowest BCUT2D eigenvalue weighted by molar-refractivity contribution is 0.704. The molecule has 204 valence electrons. The number of nitrogens with one attached hydrogen (secondary N) is 1. The van der Waals surface area contributed by atoms with Gasteiger partial charge in [-0.25, -0.2) is 0 Å². The Morgan fingerprint density at radius 3 is 2.14 bits per heavy atom. The molecule has 0 radical (unpaired) electrons. The van der Waals surface area contributed by atoms with Crippen LogP contribution in [0.1, 0.15) is 60.1 Å². The van der Waals surface area contributed by atoms with E-state index in [2.05, 4.69) is 152 Å². The molecule has 2 aliphatic carbocycles. The summed E-state index contributed by atoms with van der Waals surface area (Å²) >= 11 is 0. The van der Waals surface area contributed by atoms with Crippen molar-refractivity contribution in [2.75, 3.05) is 11.4 Å².